The molecule has 0 bridgehead atoms. The molecule has 0 saturated carbocycles. The van der Waals surface area contributed by atoms with E-state index in [4.69, 9.17) is 16.3 Å². The van der Waals surface area contributed by atoms with E-state index in [0.29, 0.717) is 58.6 Å². The van der Waals surface area contributed by atoms with Crippen LogP contribution in [0.2, 0.25) is 5.02 Å². The lowest BCUT2D eigenvalue weighted by Gasteiger charge is -2.45. The number of carbonyl (C=O) groups excluding carboxylic acids is 1. The van der Waals surface area contributed by atoms with Crippen LogP contribution in [0.1, 0.15) is 69.8 Å². The van der Waals surface area contributed by atoms with E-state index in [-0.39, 0.29) is 58.3 Å². The van der Waals surface area contributed by atoms with Crippen molar-refractivity contribution in [1.82, 2.24) is 29.6 Å². The number of benzene rings is 2. The molecule has 7 rings (SSSR count). The van der Waals surface area contributed by atoms with Gasteiger partial charge in [0.05, 0.1) is 57.7 Å². The number of aromatic nitrogens is 5. The Morgan fingerprint density at radius 2 is 1.82 bits per heavy atom. The molecule has 2 aliphatic rings. The monoisotopic (exact) mass is 683 g/mol. The van der Waals surface area contributed by atoms with Crippen molar-refractivity contribution >= 4 is 45.0 Å². The van der Waals surface area contributed by atoms with Gasteiger partial charge in [0.15, 0.2) is 5.82 Å². The van der Waals surface area contributed by atoms with Gasteiger partial charge in [-0.25, -0.2) is 14.4 Å². The van der Waals surface area contributed by atoms with Crippen LogP contribution in [0.5, 0.6) is 5.75 Å². The molecule has 1 saturated heterocycles. The number of nitrogens with zero attached hydrogens (tertiary/aromatic N) is 6. The fourth-order valence-corrected chi connectivity index (χ4v) is 7.80. The van der Waals surface area contributed by atoms with Gasteiger partial charge in [0, 0.05) is 47.5 Å². The van der Waals surface area contributed by atoms with E-state index in [1.54, 1.807) is 17.2 Å². The molecule has 254 valence electrons. The van der Waals surface area contributed by atoms with Crippen molar-refractivity contribution in [3.05, 3.63) is 81.5 Å². The molecule has 1 N–H and O–H groups in total. The zero-order chi connectivity index (χ0) is 34.9. The first-order valence-electron chi connectivity index (χ1n) is 16.7. The van der Waals surface area contributed by atoms with Crippen LogP contribution in [0.3, 0.4) is 0 Å². The van der Waals surface area contributed by atoms with E-state index < -0.39 is 11.4 Å². The van der Waals surface area contributed by atoms with Crippen LogP contribution in [0, 0.1) is 12.7 Å². The summed E-state index contributed by atoms with van der Waals surface area (Å²) in [6.45, 7) is 16.5. The van der Waals surface area contributed by atoms with Gasteiger partial charge in [-0.1, -0.05) is 51.9 Å². The lowest BCUT2D eigenvalue weighted by Crippen LogP contribution is -2.59. The Morgan fingerprint density at radius 1 is 1.10 bits per heavy atom. The van der Waals surface area contributed by atoms with Gasteiger partial charge < -0.3 is 14.5 Å². The minimum absolute atomic E-state index is 0.0585. The number of aryl methyl sites for hydroxylation is 1. The van der Waals surface area contributed by atoms with Gasteiger partial charge >= 0.3 is 0 Å². The summed E-state index contributed by atoms with van der Waals surface area (Å²) < 4.78 is 25.7. The van der Waals surface area contributed by atoms with Crippen molar-refractivity contribution in [2.45, 2.75) is 71.9 Å². The molecule has 5 aromatic rings. The number of pyridine rings is 1. The molecule has 2 aliphatic heterocycles. The van der Waals surface area contributed by atoms with Gasteiger partial charge in [0.2, 0.25) is 11.7 Å². The molecule has 12 heteroatoms. The Labute approximate surface area is 288 Å². The number of carbonyl (C=O) groups is 1. The quantitative estimate of drug-likeness (QED) is 0.198. The van der Waals surface area contributed by atoms with Crippen LogP contribution < -0.4 is 15.2 Å². The van der Waals surface area contributed by atoms with Crippen LogP contribution >= 0.6 is 11.6 Å². The normalized spacial score (nSPS) is 17.8. The molecular formula is C37H39ClFN7O3. The average molecular weight is 684 g/mol. The number of hydrogen-bond acceptors (Lipinski definition) is 7. The van der Waals surface area contributed by atoms with Crippen molar-refractivity contribution < 1.29 is 13.9 Å². The predicted molar refractivity (Wildman–Crippen MR) is 191 cm³/mol. The Morgan fingerprint density at radius 3 is 2.49 bits per heavy atom. The van der Waals surface area contributed by atoms with Crippen molar-refractivity contribution in [3.63, 3.8) is 0 Å². The number of ether oxygens (including phenoxy) is 1. The number of piperazine rings is 1. The second-order valence-electron chi connectivity index (χ2n) is 13.6. The van der Waals surface area contributed by atoms with E-state index in [2.05, 4.69) is 31.6 Å². The topological polar surface area (TPSA) is 109 Å². The Bertz CT molecular complexity index is 2200. The first-order chi connectivity index (χ1) is 23.4. The SMILES string of the molecule is C=CC(=O)N1CC2CCOc3c(c4cc(Cl)c(-c5c(C)ccc6[nH]ncc56)c(F)c4n(-c4c(C(C)C)ncnc4C(C)C)c3=O)N2CC1C. The lowest BCUT2D eigenvalue weighted by atomic mass is 9.93. The second-order valence-corrected chi connectivity index (χ2v) is 14.0. The highest BCUT2D eigenvalue weighted by Crippen LogP contribution is 2.47. The number of halogens is 2. The molecule has 1 fully saturated rings. The zero-order valence-corrected chi connectivity index (χ0v) is 29.2. The Hall–Kier alpha value is -4.77. The number of aromatic amines is 1. The summed E-state index contributed by atoms with van der Waals surface area (Å²) in [6.07, 6.45) is 5.02. The summed E-state index contributed by atoms with van der Waals surface area (Å²) >= 11 is 7.15. The summed E-state index contributed by atoms with van der Waals surface area (Å²) in [6, 6.07) is 5.12. The van der Waals surface area contributed by atoms with Gasteiger partial charge in [-0.3, -0.25) is 19.3 Å². The van der Waals surface area contributed by atoms with Crippen LogP contribution in [-0.4, -0.2) is 67.3 Å². The lowest BCUT2D eigenvalue weighted by molar-refractivity contribution is -0.128. The highest BCUT2D eigenvalue weighted by molar-refractivity contribution is 6.35. The number of fused-ring (bicyclic) bond motifs is 6. The number of H-pyrrole nitrogens is 1. The molecule has 2 aromatic carbocycles. The van der Waals surface area contributed by atoms with E-state index >= 15 is 9.18 Å². The molecule has 2 unspecified atom stereocenters. The number of nitrogens with one attached hydrogen (secondary N) is 1. The summed E-state index contributed by atoms with van der Waals surface area (Å²) in [5.41, 5.74) is 3.96. The largest absolute Gasteiger partial charge is 0.486 e. The summed E-state index contributed by atoms with van der Waals surface area (Å²) in [4.78, 5) is 41.0. The molecule has 5 heterocycles. The summed E-state index contributed by atoms with van der Waals surface area (Å²) in [5.74, 6) is -0.937. The third-order valence-corrected chi connectivity index (χ3v) is 10.1. The third kappa shape index (κ3) is 5.08. The molecule has 1 amide bonds. The molecular weight excluding hydrogens is 645 g/mol. The van der Waals surface area contributed by atoms with E-state index in [0.717, 1.165) is 11.1 Å². The van der Waals surface area contributed by atoms with Crippen LogP contribution in [-0.2, 0) is 4.79 Å². The molecule has 2 atom stereocenters. The smallest absolute Gasteiger partial charge is 0.300 e. The van der Waals surface area contributed by atoms with Crippen molar-refractivity contribution in [2.24, 2.45) is 0 Å². The first-order valence-corrected chi connectivity index (χ1v) is 17.0. The highest BCUT2D eigenvalue weighted by Gasteiger charge is 2.40. The maximum absolute atomic E-state index is 18.0. The van der Waals surface area contributed by atoms with Gasteiger partial charge in [0.25, 0.3) is 5.56 Å². The van der Waals surface area contributed by atoms with Crippen LogP contribution in [0.25, 0.3) is 38.6 Å². The second kappa shape index (κ2) is 12.3. The number of anilines is 1. The van der Waals surface area contributed by atoms with Crippen molar-refractivity contribution in [2.75, 3.05) is 24.6 Å². The van der Waals surface area contributed by atoms with Gasteiger partial charge in [-0.15, -0.1) is 0 Å². The number of amides is 1. The summed E-state index contributed by atoms with van der Waals surface area (Å²) in [5, 5.41) is 8.50. The fourth-order valence-electron chi connectivity index (χ4n) is 7.51. The number of rotatable bonds is 5. The molecule has 0 spiro atoms. The van der Waals surface area contributed by atoms with Gasteiger partial charge in [-0.2, -0.15) is 5.10 Å². The zero-order valence-electron chi connectivity index (χ0n) is 28.5. The Balaban J connectivity index is 1.64. The van der Waals surface area contributed by atoms with Gasteiger partial charge in [0.1, 0.15) is 6.33 Å². The van der Waals surface area contributed by atoms with Crippen molar-refractivity contribution in [1.29, 1.82) is 0 Å². The first kappa shape index (κ1) is 32.8. The molecule has 0 radical (unpaired) electrons. The van der Waals surface area contributed by atoms with Gasteiger partial charge in [-0.05, 0) is 49.5 Å². The predicted octanol–water partition coefficient (Wildman–Crippen LogP) is 7.05. The molecule has 10 nitrogen and oxygen atoms in total. The average Bonchev–Trinajstić information content (AvgIpc) is 3.47. The van der Waals surface area contributed by atoms with E-state index in [9.17, 15) is 4.79 Å². The third-order valence-electron chi connectivity index (χ3n) is 9.85. The molecule has 3 aromatic heterocycles. The minimum atomic E-state index is -0.651. The standard InChI is InChI=1S/C37H39ClFN7O3/c1-8-27(47)44-16-22-11-12-49-36-34(45(22)15-21(44)7)23-13-25(38)29(28-20(6)9-10-26-24(28)14-42-43-26)30(39)33(23)46(37(36)48)35-31(18(2)3)40-17-41-32(35)19(4)5/h8-10,13-14,17-19,21-22H,1,11-12,15-16H2,2-7H3,(H,42,43). The maximum Gasteiger partial charge on any atom is 0.300 e. The molecule has 0 aliphatic carbocycles. The summed E-state index contributed by atoms with van der Waals surface area (Å²) in [7, 11) is 0. The number of hydrogen-bond donors (Lipinski definition) is 1. The van der Waals surface area contributed by atoms with E-state index in [1.807, 2.05) is 53.7 Å². The van der Waals surface area contributed by atoms with Crippen LogP contribution in [0.15, 0.2) is 48.2 Å². The van der Waals surface area contributed by atoms with Crippen molar-refractivity contribution in [3.8, 4) is 22.6 Å². The maximum atomic E-state index is 18.0. The minimum Gasteiger partial charge on any atom is -0.486 e. The fraction of sp³-hybridized carbons (Fsp3) is 0.378. The van der Waals surface area contributed by atoms with Crippen LogP contribution in [0.4, 0.5) is 10.1 Å². The molecule has 49 heavy (non-hydrogen) atoms. The Kier molecular flexibility index (Phi) is 8.21. The van der Waals surface area contributed by atoms with E-state index in [1.165, 1.54) is 17.0 Å². The highest BCUT2D eigenvalue weighted by atomic mass is 35.5.